The first-order chi connectivity index (χ1) is 9.58. The van der Waals surface area contributed by atoms with Crippen molar-refractivity contribution >= 4 is 5.91 Å². The van der Waals surface area contributed by atoms with Crippen molar-refractivity contribution in [3.63, 3.8) is 0 Å². The molecule has 20 heavy (non-hydrogen) atoms. The number of nitrogens with zero attached hydrogens (tertiary/aromatic N) is 4. The Balaban J connectivity index is 2.09. The van der Waals surface area contributed by atoms with Gasteiger partial charge in [0, 0.05) is 42.8 Å². The molecule has 0 aliphatic carbocycles. The van der Waals surface area contributed by atoms with E-state index in [0.29, 0.717) is 12.5 Å². The fraction of sp³-hybridized carbons (Fsp3) is 0.500. The van der Waals surface area contributed by atoms with Crippen LogP contribution in [-0.2, 0) is 4.79 Å². The highest BCUT2D eigenvalue weighted by Crippen LogP contribution is 2.27. The van der Waals surface area contributed by atoms with E-state index in [1.54, 1.807) is 18.7 Å². The minimum absolute atomic E-state index is 0.155. The van der Waals surface area contributed by atoms with E-state index < -0.39 is 0 Å². The van der Waals surface area contributed by atoms with Crippen LogP contribution in [0.2, 0.25) is 0 Å². The van der Waals surface area contributed by atoms with Gasteiger partial charge in [0.1, 0.15) is 0 Å². The summed E-state index contributed by atoms with van der Waals surface area (Å²) >= 11 is 0. The molecule has 0 spiro atoms. The van der Waals surface area contributed by atoms with Crippen molar-refractivity contribution in [2.75, 3.05) is 0 Å². The fourth-order valence-corrected chi connectivity index (χ4v) is 2.39. The molecule has 0 aromatic carbocycles. The van der Waals surface area contributed by atoms with Crippen LogP contribution < -0.4 is 5.73 Å². The van der Waals surface area contributed by atoms with Gasteiger partial charge in [-0.3, -0.25) is 4.79 Å². The third-order valence-corrected chi connectivity index (χ3v) is 3.70. The Morgan fingerprint density at radius 2 is 1.70 bits per heavy atom. The molecule has 2 aromatic rings. The standard InChI is InChI=1S/C14H21N5O/c1-11(14(15)20)7-13(19-6-4-17-10-19)8-12(2)18-5-3-16-9-18/h3-6,9-13H,7-8H2,1-2H3,(H2,15,20). The number of carbonyl (C=O) groups is 1. The number of hydrogen-bond donors (Lipinski definition) is 1. The summed E-state index contributed by atoms with van der Waals surface area (Å²) < 4.78 is 4.12. The van der Waals surface area contributed by atoms with Gasteiger partial charge in [-0.25, -0.2) is 9.97 Å². The Kier molecular flexibility index (Phi) is 4.55. The van der Waals surface area contributed by atoms with Crippen LogP contribution in [0.4, 0.5) is 0 Å². The number of nitrogens with two attached hydrogens (primary N) is 1. The van der Waals surface area contributed by atoms with Crippen LogP contribution >= 0.6 is 0 Å². The monoisotopic (exact) mass is 275 g/mol. The molecule has 6 heteroatoms. The van der Waals surface area contributed by atoms with Crippen molar-refractivity contribution in [3.05, 3.63) is 37.4 Å². The first-order valence-corrected chi connectivity index (χ1v) is 6.82. The molecule has 0 saturated carbocycles. The highest BCUT2D eigenvalue weighted by atomic mass is 16.1. The molecule has 2 aromatic heterocycles. The topological polar surface area (TPSA) is 78.7 Å². The van der Waals surface area contributed by atoms with Crippen molar-refractivity contribution in [1.82, 2.24) is 19.1 Å². The maximum atomic E-state index is 11.3. The van der Waals surface area contributed by atoms with E-state index in [-0.39, 0.29) is 17.9 Å². The Hall–Kier alpha value is -2.11. The summed E-state index contributed by atoms with van der Waals surface area (Å²) in [6.07, 6.45) is 12.6. The lowest BCUT2D eigenvalue weighted by Crippen LogP contribution is -2.25. The van der Waals surface area contributed by atoms with Crippen molar-refractivity contribution in [2.24, 2.45) is 11.7 Å². The predicted octanol–water partition coefficient (Wildman–Crippen LogP) is 1.78. The number of amides is 1. The summed E-state index contributed by atoms with van der Waals surface area (Å²) in [5.41, 5.74) is 5.38. The number of primary amides is 1. The second-order valence-corrected chi connectivity index (χ2v) is 5.30. The Labute approximate surface area is 118 Å². The molecule has 0 aliphatic rings. The van der Waals surface area contributed by atoms with Gasteiger partial charge in [-0.2, -0.15) is 0 Å². The molecule has 2 heterocycles. The van der Waals surface area contributed by atoms with Crippen LogP contribution in [0.3, 0.4) is 0 Å². The molecule has 0 fully saturated rings. The number of aromatic nitrogens is 4. The minimum atomic E-state index is -0.259. The molecule has 6 nitrogen and oxygen atoms in total. The Bertz CT molecular complexity index is 520. The Morgan fingerprint density at radius 3 is 2.20 bits per heavy atom. The number of carbonyl (C=O) groups excluding carboxylic acids is 1. The predicted molar refractivity (Wildman–Crippen MR) is 75.8 cm³/mol. The lowest BCUT2D eigenvalue weighted by molar-refractivity contribution is -0.121. The van der Waals surface area contributed by atoms with Crippen LogP contribution in [0, 0.1) is 5.92 Å². The maximum Gasteiger partial charge on any atom is 0.220 e. The summed E-state index contributed by atoms with van der Waals surface area (Å²) in [6, 6.07) is 0.488. The summed E-state index contributed by atoms with van der Waals surface area (Å²) in [6.45, 7) is 4.01. The van der Waals surface area contributed by atoms with Gasteiger partial charge in [0.25, 0.3) is 0 Å². The molecular weight excluding hydrogens is 254 g/mol. The minimum Gasteiger partial charge on any atom is -0.369 e. The van der Waals surface area contributed by atoms with Crippen LogP contribution in [0.15, 0.2) is 37.4 Å². The number of imidazole rings is 2. The summed E-state index contributed by atoms with van der Waals surface area (Å²) in [5.74, 6) is -0.414. The SMILES string of the molecule is CC(CC(CC(C)n1ccnc1)n1ccnc1)C(N)=O. The van der Waals surface area contributed by atoms with Crippen molar-refractivity contribution in [1.29, 1.82) is 0 Å². The van der Waals surface area contributed by atoms with Gasteiger partial charge >= 0.3 is 0 Å². The summed E-state index contributed by atoms with van der Waals surface area (Å²) in [4.78, 5) is 19.5. The Morgan fingerprint density at radius 1 is 1.10 bits per heavy atom. The van der Waals surface area contributed by atoms with Crippen LogP contribution in [0.25, 0.3) is 0 Å². The molecule has 0 saturated heterocycles. The van der Waals surface area contributed by atoms with Gasteiger partial charge in [0.2, 0.25) is 5.91 Å². The summed E-state index contributed by atoms with van der Waals surface area (Å²) in [5, 5.41) is 0. The zero-order chi connectivity index (χ0) is 14.5. The average Bonchev–Trinajstić information content (AvgIpc) is 3.10. The number of rotatable bonds is 7. The van der Waals surface area contributed by atoms with Crippen LogP contribution in [-0.4, -0.2) is 25.0 Å². The molecule has 3 atom stereocenters. The summed E-state index contributed by atoms with van der Waals surface area (Å²) in [7, 11) is 0. The van der Waals surface area contributed by atoms with E-state index in [2.05, 4.69) is 21.5 Å². The smallest absolute Gasteiger partial charge is 0.220 e. The maximum absolute atomic E-state index is 11.3. The van der Waals surface area contributed by atoms with Crippen LogP contribution in [0.5, 0.6) is 0 Å². The molecule has 0 radical (unpaired) electrons. The lowest BCUT2D eigenvalue weighted by atomic mass is 9.96. The van der Waals surface area contributed by atoms with E-state index in [1.807, 2.05) is 30.2 Å². The number of hydrogen-bond acceptors (Lipinski definition) is 3. The van der Waals surface area contributed by atoms with E-state index in [9.17, 15) is 4.79 Å². The fourth-order valence-electron chi connectivity index (χ4n) is 2.39. The van der Waals surface area contributed by atoms with Crippen LogP contribution in [0.1, 0.15) is 38.8 Å². The largest absolute Gasteiger partial charge is 0.369 e. The van der Waals surface area contributed by atoms with Gasteiger partial charge in [-0.1, -0.05) is 6.92 Å². The van der Waals surface area contributed by atoms with E-state index in [0.717, 1.165) is 6.42 Å². The van der Waals surface area contributed by atoms with Gasteiger partial charge in [0.05, 0.1) is 12.7 Å². The zero-order valence-corrected chi connectivity index (χ0v) is 11.9. The first kappa shape index (κ1) is 14.3. The molecular formula is C14H21N5O. The molecule has 0 bridgehead atoms. The first-order valence-electron chi connectivity index (χ1n) is 6.82. The molecule has 1 amide bonds. The van der Waals surface area contributed by atoms with Crippen molar-refractivity contribution in [2.45, 2.75) is 38.8 Å². The van der Waals surface area contributed by atoms with Crippen molar-refractivity contribution < 1.29 is 4.79 Å². The third kappa shape index (κ3) is 3.46. The zero-order valence-electron chi connectivity index (χ0n) is 11.9. The second kappa shape index (κ2) is 6.36. The quantitative estimate of drug-likeness (QED) is 0.836. The molecule has 2 rings (SSSR count). The van der Waals surface area contributed by atoms with E-state index in [4.69, 9.17) is 5.73 Å². The molecule has 2 N–H and O–H groups in total. The lowest BCUT2D eigenvalue weighted by Gasteiger charge is -2.24. The normalized spacial score (nSPS) is 15.7. The third-order valence-electron chi connectivity index (χ3n) is 3.70. The molecule has 108 valence electrons. The molecule has 0 aliphatic heterocycles. The average molecular weight is 275 g/mol. The van der Waals surface area contributed by atoms with Gasteiger partial charge < -0.3 is 14.9 Å². The van der Waals surface area contributed by atoms with Gasteiger partial charge in [-0.15, -0.1) is 0 Å². The second-order valence-electron chi connectivity index (χ2n) is 5.30. The highest BCUT2D eigenvalue weighted by Gasteiger charge is 2.21. The van der Waals surface area contributed by atoms with E-state index in [1.165, 1.54) is 0 Å². The van der Waals surface area contributed by atoms with E-state index >= 15 is 0 Å². The molecule has 3 unspecified atom stereocenters. The highest BCUT2D eigenvalue weighted by molar-refractivity contribution is 5.76. The van der Waals surface area contributed by atoms with Gasteiger partial charge in [0.15, 0.2) is 0 Å². The van der Waals surface area contributed by atoms with Gasteiger partial charge in [-0.05, 0) is 19.8 Å². The van der Waals surface area contributed by atoms with Crippen molar-refractivity contribution in [3.8, 4) is 0 Å².